The van der Waals surface area contributed by atoms with E-state index in [4.69, 9.17) is 0 Å². The van der Waals surface area contributed by atoms with Gasteiger partial charge in [-0.2, -0.15) is 5.10 Å². The van der Waals surface area contributed by atoms with Crippen molar-refractivity contribution in [3.05, 3.63) is 46.8 Å². The van der Waals surface area contributed by atoms with Crippen molar-refractivity contribution in [3.63, 3.8) is 0 Å². The molecule has 0 aliphatic heterocycles. The van der Waals surface area contributed by atoms with Crippen LogP contribution in [0.15, 0.2) is 24.4 Å². The lowest BCUT2D eigenvalue weighted by Gasteiger charge is -2.12. The molecule has 3 nitrogen and oxygen atoms in total. The number of nitrogens with one attached hydrogen (secondary N) is 1. The maximum Gasteiger partial charge on any atom is 0.0680 e. The van der Waals surface area contributed by atoms with Crippen LogP contribution < -0.4 is 5.32 Å². The highest BCUT2D eigenvalue weighted by atomic mass is 15.3. The van der Waals surface area contributed by atoms with Crippen molar-refractivity contribution < 1.29 is 0 Å². The van der Waals surface area contributed by atoms with Gasteiger partial charge >= 0.3 is 0 Å². The molecule has 1 heterocycles. The molecule has 0 radical (unpaired) electrons. The van der Waals surface area contributed by atoms with Gasteiger partial charge < -0.3 is 5.32 Å². The first-order valence-electron chi connectivity index (χ1n) is 7.99. The summed E-state index contributed by atoms with van der Waals surface area (Å²) >= 11 is 0. The number of aryl methyl sites for hydroxylation is 2. The Morgan fingerprint density at radius 3 is 2.71 bits per heavy atom. The van der Waals surface area contributed by atoms with Crippen molar-refractivity contribution in [1.82, 2.24) is 15.1 Å². The van der Waals surface area contributed by atoms with Gasteiger partial charge in [-0.1, -0.05) is 25.0 Å². The lowest BCUT2D eigenvalue weighted by Crippen LogP contribution is -2.25. The Morgan fingerprint density at radius 1 is 1.19 bits per heavy atom. The highest BCUT2D eigenvalue weighted by Gasteiger charge is 2.16. The zero-order valence-corrected chi connectivity index (χ0v) is 13.3. The molecule has 2 aromatic rings. The van der Waals surface area contributed by atoms with E-state index < -0.39 is 0 Å². The molecular weight excluding hydrogens is 258 g/mol. The maximum atomic E-state index is 4.61. The second-order valence-corrected chi connectivity index (χ2v) is 6.32. The van der Waals surface area contributed by atoms with E-state index in [0.717, 1.165) is 6.54 Å². The molecule has 21 heavy (non-hydrogen) atoms. The van der Waals surface area contributed by atoms with E-state index in [0.29, 0.717) is 6.04 Å². The van der Waals surface area contributed by atoms with Crippen molar-refractivity contribution in [2.45, 2.75) is 59.0 Å². The summed E-state index contributed by atoms with van der Waals surface area (Å²) < 4.78 is 2.08. The number of nitrogens with zero attached hydrogens (tertiary/aromatic N) is 2. The first-order valence-corrected chi connectivity index (χ1v) is 7.99. The molecule has 1 aromatic carbocycles. The molecule has 0 spiro atoms. The summed E-state index contributed by atoms with van der Waals surface area (Å²) in [5, 5.41) is 8.29. The third-order valence-corrected chi connectivity index (χ3v) is 4.64. The van der Waals surface area contributed by atoms with Gasteiger partial charge in [0, 0.05) is 23.8 Å². The summed E-state index contributed by atoms with van der Waals surface area (Å²) in [6, 6.07) is 7.24. The van der Waals surface area contributed by atoms with Gasteiger partial charge in [0.1, 0.15) is 0 Å². The molecule has 3 rings (SSSR count). The number of hydrogen-bond donors (Lipinski definition) is 1. The van der Waals surface area contributed by atoms with Gasteiger partial charge in [-0.15, -0.1) is 0 Å². The highest BCUT2D eigenvalue weighted by Crippen LogP contribution is 2.21. The number of benzene rings is 1. The number of aromatic nitrogens is 2. The summed E-state index contributed by atoms with van der Waals surface area (Å²) in [5.74, 6) is 0. The fourth-order valence-electron chi connectivity index (χ4n) is 3.19. The Morgan fingerprint density at radius 2 is 1.95 bits per heavy atom. The van der Waals surface area contributed by atoms with Crippen LogP contribution in [0, 0.1) is 20.8 Å². The molecule has 0 unspecified atom stereocenters. The highest BCUT2D eigenvalue weighted by molar-refractivity contribution is 5.44. The standard InChI is InChI=1S/C18H25N3/c1-13-8-9-14(2)18(10-13)21-15(3)16(12-20-21)11-19-17-6-4-5-7-17/h8-10,12,17,19H,4-7,11H2,1-3H3. The predicted molar refractivity (Wildman–Crippen MR) is 86.9 cm³/mol. The van der Waals surface area contributed by atoms with Gasteiger partial charge in [-0.05, 0) is 50.8 Å². The quantitative estimate of drug-likeness (QED) is 0.924. The Kier molecular flexibility index (Phi) is 4.11. The van der Waals surface area contributed by atoms with Crippen molar-refractivity contribution in [3.8, 4) is 5.69 Å². The molecule has 1 fully saturated rings. The molecule has 1 N–H and O–H groups in total. The Hall–Kier alpha value is -1.61. The Bertz CT molecular complexity index is 621. The van der Waals surface area contributed by atoms with E-state index in [1.54, 1.807) is 0 Å². The van der Waals surface area contributed by atoms with Crippen LogP contribution in [-0.2, 0) is 6.54 Å². The second-order valence-electron chi connectivity index (χ2n) is 6.32. The van der Waals surface area contributed by atoms with Crippen LogP contribution in [0.2, 0.25) is 0 Å². The topological polar surface area (TPSA) is 29.9 Å². The van der Waals surface area contributed by atoms with E-state index in [1.807, 2.05) is 6.20 Å². The van der Waals surface area contributed by atoms with E-state index in [1.165, 1.54) is 53.8 Å². The minimum atomic E-state index is 0.702. The molecular formula is C18H25N3. The predicted octanol–water partition coefficient (Wildman–Crippen LogP) is 3.83. The monoisotopic (exact) mass is 283 g/mol. The van der Waals surface area contributed by atoms with Crippen LogP contribution >= 0.6 is 0 Å². The van der Waals surface area contributed by atoms with Crippen LogP contribution in [0.3, 0.4) is 0 Å². The molecule has 1 saturated carbocycles. The fraction of sp³-hybridized carbons (Fsp3) is 0.500. The minimum absolute atomic E-state index is 0.702. The SMILES string of the molecule is Cc1ccc(C)c(-n2ncc(CNC3CCCC3)c2C)c1. The first-order chi connectivity index (χ1) is 10.1. The van der Waals surface area contributed by atoms with Gasteiger partial charge in [-0.25, -0.2) is 4.68 Å². The average Bonchev–Trinajstić information content (AvgIpc) is 3.09. The van der Waals surface area contributed by atoms with Gasteiger partial charge in [0.15, 0.2) is 0 Å². The van der Waals surface area contributed by atoms with Crippen LogP contribution in [0.25, 0.3) is 5.69 Å². The smallest absolute Gasteiger partial charge is 0.0680 e. The Labute approximate surface area is 127 Å². The van der Waals surface area contributed by atoms with Crippen molar-refractivity contribution in [2.24, 2.45) is 0 Å². The van der Waals surface area contributed by atoms with Gasteiger partial charge in [0.05, 0.1) is 11.9 Å². The zero-order valence-electron chi connectivity index (χ0n) is 13.3. The minimum Gasteiger partial charge on any atom is -0.310 e. The Balaban J connectivity index is 1.79. The maximum absolute atomic E-state index is 4.61. The molecule has 1 aromatic heterocycles. The summed E-state index contributed by atoms with van der Waals surface area (Å²) in [7, 11) is 0. The third-order valence-electron chi connectivity index (χ3n) is 4.64. The summed E-state index contributed by atoms with van der Waals surface area (Å²) in [6.07, 6.45) is 7.41. The van der Waals surface area contributed by atoms with E-state index >= 15 is 0 Å². The van der Waals surface area contributed by atoms with Crippen LogP contribution in [0.1, 0.15) is 48.1 Å². The lowest BCUT2D eigenvalue weighted by molar-refractivity contribution is 0.523. The number of rotatable bonds is 4. The van der Waals surface area contributed by atoms with E-state index in [2.05, 4.69) is 54.1 Å². The molecule has 0 bridgehead atoms. The lowest BCUT2D eigenvalue weighted by atomic mass is 10.1. The van der Waals surface area contributed by atoms with Crippen molar-refractivity contribution >= 4 is 0 Å². The molecule has 1 aliphatic rings. The first kappa shape index (κ1) is 14.3. The molecule has 0 saturated heterocycles. The molecule has 0 atom stereocenters. The van der Waals surface area contributed by atoms with E-state index in [-0.39, 0.29) is 0 Å². The largest absolute Gasteiger partial charge is 0.310 e. The van der Waals surface area contributed by atoms with Crippen LogP contribution in [-0.4, -0.2) is 15.8 Å². The summed E-state index contributed by atoms with van der Waals surface area (Å²) in [4.78, 5) is 0. The third kappa shape index (κ3) is 3.03. The normalized spacial score (nSPS) is 15.8. The average molecular weight is 283 g/mol. The fourth-order valence-corrected chi connectivity index (χ4v) is 3.19. The van der Waals surface area contributed by atoms with Crippen molar-refractivity contribution in [2.75, 3.05) is 0 Å². The second kappa shape index (κ2) is 6.02. The van der Waals surface area contributed by atoms with Crippen LogP contribution in [0.5, 0.6) is 0 Å². The van der Waals surface area contributed by atoms with Crippen LogP contribution in [0.4, 0.5) is 0 Å². The summed E-state index contributed by atoms with van der Waals surface area (Å²) in [6.45, 7) is 7.37. The van der Waals surface area contributed by atoms with E-state index in [9.17, 15) is 0 Å². The molecule has 3 heteroatoms. The zero-order chi connectivity index (χ0) is 14.8. The summed E-state index contributed by atoms with van der Waals surface area (Å²) in [5.41, 5.74) is 6.29. The molecule has 112 valence electrons. The number of hydrogen-bond acceptors (Lipinski definition) is 2. The molecule has 0 amide bonds. The molecule has 1 aliphatic carbocycles. The van der Waals surface area contributed by atoms with Gasteiger partial charge in [0.2, 0.25) is 0 Å². The van der Waals surface area contributed by atoms with Gasteiger partial charge in [0.25, 0.3) is 0 Å². The van der Waals surface area contributed by atoms with Gasteiger partial charge in [-0.3, -0.25) is 0 Å². The van der Waals surface area contributed by atoms with Crippen molar-refractivity contribution in [1.29, 1.82) is 0 Å².